The number of benzene rings is 1. The standard InChI is InChI=1S/C16H20BrN3O3/c1-5-20-9-13(17)15(19-20)16(21)18-10(2)12-8-11(22-3)6-7-14(12)23-4/h6-10H,5H2,1-4H3,(H,18,21). The molecule has 1 N–H and O–H groups in total. The van der Waals surface area contributed by atoms with E-state index in [1.807, 2.05) is 32.0 Å². The van der Waals surface area contributed by atoms with Gasteiger partial charge in [-0.15, -0.1) is 0 Å². The van der Waals surface area contributed by atoms with Crippen molar-refractivity contribution in [2.24, 2.45) is 0 Å². The largest absolute Gasteiger partial charge is 0.497 e. The highest BCUT2D eigenvalue weighted by Gasteiger charge is 2.20. The first kappa shape index (κ1) is 17.3. The minimum Gasteiger partial charge on any atom is -0.497 e. The molecule has 1 aromatic carbocycles. The van der Waals surface area contributed by atoms with Gasteiger partial charge in [-0.2, -0.15) is 5.10 Å². The molecule has 1 unspecified atom stereocenters. The van der Waals surface area contributed by atoms with Crippen LogP contribution in [0.25, 0.3) is 0 Å². The molecule has 1 amide bonds. The van der Waals surface area contributed by atoms with Gasteiger partial charge in [-0.1, -0.05) is 0 Å². The van der Waals surface area contributed by atoms with Crippen LogP contribution in [0, 0.1) is 0 Å². The van der Waals surface area contributed by atoms with Crippen molar-refractivity contribution < 1.29 is 14.3 Å². The summed E-state index contributed by atoms with van der Waals surface area (Å²) in [7, 11) is 3.20. The second-order valence-corrected chi connectivity index (χ2v) is 5.84. The van der Waals surface area contributed by atoms with E-state index in [4.69, 9.17) is 9.47 Å². The van der Waals surface area contributed by atoms with E-state index in [0.717, 1.165) is 5.56 Å². The fourth-order valence-corrected chi connectivity index (χ4v) is 2.73. The van der Waals surface area contributed by atoms with Crippen LogP contribution >= 0.6 is 15.9 Å². The molecule has 0 aliphatic rings. The molecule has 0 fully saturated rings. The highest BCUT2D eigenvalue weighted by atomic mass is 79.9. The van der Waals surface area contributed by atoms with E-state index < -0.39 is 0 Å². The Hall–Kier alpha value is -2.02. The molecule has 0 aliphatic carbocycles. The Morgan fingerprint density at radius 1 is 1.39 bits per heavy atom. The van der Waals surface area contributed by atoms with Crippen molar-refractivity contribution >= 4 is 21.8 Å². The van der Waals surface area contributed by atoms with Crippen LogP contribution in [0.2, 0.25) is 0 Å². The van der Waals surface area contributed by atoms with Gasteiger partial charge in [-0.25, -0.2) is 0 Å². The van der Waals surface area contributed by atoms with E-state index >= 15 is 0 Å². The highest BCUT2D eigenvalue weighted by Crippen LogP contribution is 2.29. The van der Waals surface area contributed by atoms with E-state index in [1.165, 1.54) is 0 Å². The van der Waals surface area contributed by atoms with E-state index in [1.54, 1.807) is 25.1 Å². The van der Waals surface area contributed by atoms with Gasteiger partial charge in [-0.3, -0.25) is 9.48 Å². The second-order valence-electron chi connectivity index (χ2n) is 4.98. The van der Waals surface area contributed by atoms with Gasteiger partial charge in [0.05, 0.1) is 24.7 Å². The molecule has 0 bridgehead atoms. The van der Waals surface area contributed by atoms with E-state index in [2.05, 4.69) is 26.3 Å². The normalized spacial score (nSPS) is 11.9. The highest BCUT2D eigenvalue weighted by molar-refractivity contribution is 9.10. The number of methoxy groups -OCH3 is 2. The minimum atomic E-state index is -0.258. The van der Waals surface area contributed by atoms with Crippen molar-refractivity contribution in [1.82, 2.24) is 15.1 Å². The average molecular weight is 382 g/mol. The molecule has 124 valence electrons. The Balaban J connectivity index is 2.22. The predicted octanol–water partition coefficient (Wildman–Crippen LogP) is 3.17. The van der Waals surface area contributed by atoms with Gasteiger partial charge in [-0.05, 0) is 48.0 Å². The maximum Gasteiger partial charge on any atom is 0.273 e. The third-order valence-electron chi connectivity index (χ3n) is 3.51. The summed E-state index contributed by atoms with van der Waals surface area (Å²) in [5, 5.41) is 7.19. The minimum absolute atomic E-state index is 0.249. The number of rotatable bonds is 6. The molecule has 0 radical (unpaired) electrons. The lowest BCUT2D eigenvalue weighted by Gasteiger charge is -2.18. The molecule has 0 spiro atoms. The zero-order valence-electron chi connectivity index (χ0n) is 13.6. The zero-order valence-corrected chi connectivity index (χ0v) is 15.2. The van der Waals surface area contributed by atoms with Crippen molar-refractivity contribution in [2.45, 2.75) is 26.4 Å². The number of aromatic nitrogens is 2. The Morgan fingerprint density at radius 3 is 2.70 bits per heavy atom. The van der Waals surface area contributed by atoms with Crippen molar-refractivity contribution in [2.75, 3.05) is 14.2 Å². The predicted molar refractivity (Wildman–Crippen MR) is 91.0 cm³/mol. The van der Waals surface area contributed by atoms with Crippen LogP contribution in [0.1, 0.15) is 35.9 Å². The molecule has 6 nitrogen and oxygen atoms in total. The lowest BCUT2D eigenvalue weighted by atomic mass is 10.1. The molecule has 1 atom stereocenters. The van der Waals surface area contributed by atoms with Crippen LogP contribution in [0.4, 0.5) is 0 Å². The van der Waals surface area contributed by atoms with Crippen LogP contribution in [0.15, 0.2) is 28.9 Å². The maximum absolute atomic E-state index is 12.4. The number of halogens is 1. The van der Waals surface area contributed by atoms with Crippen molar-refractivity contribution in [3.05, 3.63) is 40.1 Å². The number of hydrogen-bond acceptors (Lipinski definition) is 4. The van der Waals surface area contributed by atoms with Crippen LogP contribution < -0.4 is 14.8 Å². The molecule has 0 saturated heterocycles. The van der Waals surface area contributed by atoms with Gasteiger partial charge >= 0.3 is 0 Å². The number of ether oxygens (including phenoxy) is 2. The summed E-state index contributed by atoms with van der Waals surface area (Å²) < 4.78 is 13.0. The number of nitrogens with one attached hydrogen (secondary N) is 1. The number of hydrogen-bond donors (Lipinski definition) is 1. The SMILES string of the molecule is CCn1cc(Br)c(C(=O)NC(C)c2cc(OC)ccc2OC)n1. The summed E-state index contributed by atoms with van der Waals surface area (Å²) in [6.45, 7) is 4.55. The number of carbonyl (C=O) groups is 1. The summed E-state index contributed by atoms with van der Waals surface area (Å²) in [5.41, 5.74) is 1.20. The first-order valence-corrected chi connectivity index (χ1v) is 8.05. The fourth-order valence-electron chi connectivity index (χ4n) is 2.23. The zero-order chi connectivity index (χ0) is 17.0. The molecule has 1 heterocycles. The summed E-state index contributed by atoms with van der Waals surface area (Å²) in [5.74, 6) is 1.15. The Kier molecular flexibility index (Phi) is 5.65. The molecule has 0 aliphatic heterocycles. The Bertz CT molecular complexity index is 700. The summed E-state index contributed by atoms with van der Waals surface area (Å²) in [6, 6.07) is 5.23. The van der Waals surface area contributed by atoms with Gasteiger partial charge in [0.1, 0.15) is 11.5 Å². The molecule has 7 heteroatoms. The Labute approximate surface area is 143 Å². The summed E-state index contributed by atoms with van der Waals surface area (Å²) >= 11 is 3.37. The smallest absolute Gasteiger partial charge is 0.273 e. The number of nitrogens with zero attached hydrogens (tertiary/aromatic N) is 2. The van der Waals surface area contributed by atoms with Crippen molar-refractivity contribution in [3.8, 4) is 11.5 Å². The lowest BCUT2D eigenvalue weighted by Crippen LogP contribution is -2.27. The maximum atomic E-state index is 12.4. The monoisotopic (exact) mass is 381 g/mol. The van der Waals surface area contributed by atoms with Crippen LogP contribution in [0.3, 0.4) is 0 Å². The number of amides is 1. The number of carbonyl (C=O) groups excluding carboxylic acids is 1. The van der Waals surface area contributed by atoms with Gasteiger partial charge in [0, 0.05) is 18.3 Å². The topological polar surface area (TPSA) is 65.4 Å². The molecule has 23 heavy (non-hydrogen) atoms. The average Bonchev–Trinajstić information content (AvgIpc) is 2.95. The summed E-state index contributed by atoms with van der Waals surface area (Å²) in [4.78, 5) is 12.4. The second kappa shape index (κ2) is 7.50. The van der Waals surface area contributed by atoms with Crippen LogP contribution in [-0.4, -0.2) is 29.9 Å². The van der Waals surface area contributed by atoms with Gasteiger partial charge in [0.25, 0.3) is 5.91 Å². The van der Waals surface area contributed by atoms with Gasteiger partial charge in [0.15, 0.2) is 5.69 Å². The first-order valence-electron chi connectivity index (χ1n) is 7.25. The van der Waals surface area contributed by atoms with Crippen LogP contribution in [-0.2, 0) is 6.54 Å². The first-order chi connectivity index (χ1) is 11.0. The van der Waals surface area contributed by atoms with Gasteiger partial charge in [0.2, 0.25) is 0 Å². The van der Waals surface area contributed by atoms with Crippen molar-refractivity contribution in [1.29, 1.82) is 0 Å². The van der Waals surface area contributed by atoms with Crippen LogP contribution in [0.5, 0.6) is 11.5 Å². The third kappa shape index (κ3) is 3.85. The van der Waals surface area contributed by atoms with E-state index in [9.17, 15) is 4.79 Å². The van der Waals surface area contributed by atoms with Crippen molar-refractivity contribution in [3.63, 3.8) is 0 Å². The molecular formula is C16H20BrN3O3. The van der Waals surface area contributed by atoms with Gasteiger partial charge < -0.3 is 14.8 Å². The molecule has 2 rings (SSSR count). The van der Waals surface area contributed by atoms with E-state index in [0.29, 0.717) is 28.2 Å². The number of aryl methyl sites for hydroxylation is 1. The molecule has 1 aromatic heterocycles. The molecule has 2 aromatic rings. The quantitative estimate of drug-likeness (QED) is 0.834. The lowest BCUT2D eigenvalue weighted by molar-refractivity contribution is 0.0933. The summed E-state index contributed by atoms with van der Waals surface area (Å²) in [6.07, 6.45) is 1.78. The Morgan fingerprint density at radius 2 is 2.13 bits per heavy atom. The molecule has 0 saturated carbocycles. The third-order valence-corrected chi connectivity index (χ3v) is 4.09. The fraction of sp³-hybridized carbons (Fsp3) is 0.375. The molecular weight excluding hydrogens is 362 g/mol. The van der Waals surface area contributed by atoms with E-state index in [-0.39, 0.29) is 11.9 Å².